The molecule has 1 fully saturated rings. The van der Waals surface area contributed by atoms with Crippen LogP contribution in [0.4, 0.5) is 0 Å². The third-order valence-corrected chi connectivity index (χ3v) is 2.49. The van der Waals surface area contributed by atoms with Crippen molar-refractivity contribution in [1.82, 2.24) is 0 Å². The van der Waals surface area contributed by atoms with Gasteiger partial charge in [-0.3, -0.25) is 0 Å². The summed E-state index contributed by atoms with van der Waals surface area (Å²) in [6.07, 6.45) is 1.81. The fourth-order valence-corrected chi connectivity index (χ4v) is 1.44. The molecule has 0 aliphatic carbocycles. The van der Waals surface area contributed by atoms with Crippen LogP contribution in [0.2, 0.25) is 0 Å². The highest BCUT2D eigenvalue weighted by Crippen LogP contribution is 2.31. The van der Waals surface area contributed by atoms with Crippen molar-refractivity contribution in [1.29, 1.82) is 0 Å². The minimum Gasteiger partial charge on any atom is -0.383 e. The summed E-state index contributed by atoms with van der Waals surface area (Å²) in [6, 6.07) is 0. The molecule has 1 saturated heterocycles. The zero-order chi connectivity index (χ0) is 10.1. The van der Waals surface area contributed by atoms with Crippen molar-refractivity contribution in [3.05, 3.63) is 12.7 Å². The fraction of sp³-hybridized carbons (Fsp3) is 0.800. The van der Waals surface area contributed by atoms with Gasteiger partial charge in [-0.05, 0) is 20.3 Å². The minimum absolute atomic E-state index is 0.301. The Bertz CT molecular complexity index is 200. The average molecular weight is 186 g/mol. The Kier molecular flexibility index (Phi) is 2.80. The lowest BCUT2D eigenvalue weighted by Gasteiger charge is -2.29. The molecular formula is C10H18O3. The zero-order valence-corrected chi connectivity index (χ0v) is 8.54. The lowest BCUT2D eigenvalue weighted by Crippen LogP contribution is -2.42. The van der Waals surface area contributed by atoms with E-state index in [1.165, 1.54) is 6.08 Å². The molecule has 0 radical (unpaired) electrons. The summed E-state index contributed by atoms with van der Waals surface area (Å²) in [4.78, 5) is 0. The molecular weight excluding hydrogens is 168 g/mol. The SMILES string of the molecule is C=CC(O)(CC)C1COC(C)(C)O1. The van der Waals surface area contributed by atoms with Crippen LogP contribution in [0, 0.1) is 0 Å². The van der Waals surface area contributed by atoms with Gasteiger partial charge < -0.3 is 14.6 Å². The second-order valence-electron chi connectivity index (χ2n) is 3.87. The molecule has 0 amide bonds. The molecule has 1 aliphatic rings. The lowest BCUT2D eigenvalue weighted by atomic mass is 9.94. The van der Waals surface area contributed by atoms with Gasteiger partial charge in [0.25, 0.3) is 0 Å². The molecule has 1 rings (SSSR count). The van der Waals surface area contributed by atoms with Crippen molar-refractivity contribution < 1.29 is 14.6 Å². The third kappa shape index (κ3) is 2.10. The molecule has 0 aromatic carbocycles. The topological polar surface area (TPSA) is 38.7 Å². The molecule has 0 saturated carbocycles. The van der Waals surface area contributed by atoms with Crippen molar-refractivity contribution >= 4 is 0 Å². The highest BCUT2D eigenvalue weighted by Gasteiger charge is 2.43. The minimum atomic E-state index is -0.965. The van der Waals surface area contributed by atoms with E-state index in [9.17, 15) is 5.11 Å². The highest BCUT2D eigenvalue weighted by molar-refractivity contribution is 5.02. The quantitative estimate of drug-likeness (QED) is 0.678. The number of ether oxygens (including phenoxy) is 2. The Balaban J connectivity index is 2.69. The van der Waals surface area contributed by atoms with Gasteiger partial charge in [-0.1, -0.05) is 13.0 Å². The van der Waals surface area contributed by atoms with Crippen molar-refractivity contribution in [3.63, 3.8) is 0 Å². The van der Waals surface area contributed by atoms with Crippen LogP contribution in [-0.4, -0.2) is 29.2 Å². The Morgan fingerprint density at radius 3 is 2.62 bits per heavy atom. The third-order valence-electron chi connectivity index (χ3n) is 2.49. The molecule has 76 valence electrons. The molecule has 2 atom stereocenters. The van der Waals surface area contributed by atoms with Crippen LogP contribution in [0.1, 0.15) is 27.2 Å². The van der Waals surface area contributed by atoms with Crippen LogP contribution in [-0.2, 0) is 9.47 Å². The number of aliphatic hydroxyl groups is 1. The molecule has 0 spiro atoms. The van der Waals surface area contributed by atoms with E-state index < -0.39 is 11.4 Å². The van der Waals surface area contributed by atoms with Gasteiger partial charge in [0.2, 0.25) is 0 Å². The number of rotatable bonds is 3. The van der Waals surface area contributed by atoms with Gasteiger partial charge in [0.15, 0.2) is 5.79 Å². The summed E-state index contributed by atoms with van der Waals surface area (Å²) in [5, 5.41) is 10.0. The van der Waals surface area contributed by atoms with E-state index in [0.717, 1.165) is 0 Å². The largest absolute Gasteiger partial charge is 0.383 e. The molecule has 1 N–H and O–H groups in total. The van der Waals surface area contributed by atoms with Crippen LogP contribution in [0.5, 0.6) is 0 Å². The molecule has 1 aliphatic heterocycles. The maximum atomic E-state index is 10.0. The smallest absolute Gasteiger partial charge is 0.163 e. The lowest BCUT2D eigenvalue weighted by molar-refractivity contribution is -0.161. The van der Waals surface area contributed by atoms with Gasteiger partial charge in [-0.2, -0.15) is 0 Å². The molecule has 3 heteroatoms. The molecule has 0 bridgehead atoms. The Morgan fingerprint density at radius 1 is 1.69 bits per heavy atom. The summed E-state index contributed by atoms with van der Waals surface area (Å²) in [5.74, 6) is -0.586. The van der Waals surface area contributed by atoms with Gasteiger partial charge in [0, 0.05) is 0 Å². The van der Waals surface area contributed by atoms with Crippen LogP contribution in [0.15, 0.2) is 12.7 Å². The Hall–Kier alpha value is -0.380. The summed E-state index contributed by atoms with van der Waals surface area (Å²) in [5.41, 5.74) is -0.965. The highest BCUT2D eigenvalue weighted by atomic mass is 16.7. The van der Waals surface area contributed by atoms with E-state index >= 15 is 0 Å². The van der Waals surface area contributed by atoms with Gasteiger partial charge in [0.05, 0.1) is 6.61 Å². The summed E-state index contributed by atoms with van der Waals surface area (Å²) >= 11 is 0. The molecule has 13 heavy (non-hydrogen) atoms. The van der Waals surface area contributed by atoms with Crippen LogP contribution in [0.3, 0.4) is 0 Å². The summed E-state index contributed by atoms with van der Waals surface area (Å²) in [7, 11) is 0. The summed E-state index contributed by atoms with van der Waals surface area (Å²) < 4.78 is 10.9. The molecule has 1 heterocycles. The van der Waals surface area contributed by atoms with E-state index in [-0.39, 0.29) is 6.10 Å². The predicted molar refractivity (Wildman–Crippen MR) is 50.3 cm³/mol. The van der Waals surface area contributed by atoms with Crippen molar-refractivity contribution in [2.45, 2.75) is 44.7 Å². The second kappa shape index (κ2) is 3.40. The van der Waals surface area contributed by atoms with Gasteiger partial charge in [0.1, 0.15) is 11.7 Å². The number of hydrogen-bond acceptors (Lipinski definition) is 3. The first-order chi connectivity index (χ1) is 5.93. The maximum absolute atomic E-state index is 10.0. The van der Waals surface area contributed by atoms with E-state index in [4.69, 9.17) is 9.47 Å². The number of hydrogen-bond donors (Lipinski definition) is 1. The van der Waals surface area contributed by atoms with E-state index in [0.29, 0.717) is 13.0 Å². The standard InChI is InChI=1S/C10H18O3/c1-5-10(11,6-2)8-7-12-9(3,4)13-8/h5,8,11H,1,6-7H2,2-4H3. The van der Waals surface area contributed by atoms with Crippen molar-refractivity contribution in [3.8, 4) is 0 Å². The Morgan fingerprint density at radius 2 is 2.31 bits per heavy atom. The zero-order valence-electron chi connectivity index (χ0n) is 8.54. The summed E-state index contributed by atoms with van der Waals surface area (Å²) in [6.45, 7) is 9.61. The van der Waals surface area contributed by atoms with E-state index in [2.05, 4.69) is 6.58 Å². The molecule has 0 aromatic rings. The molecule has 3 nitrogen and oxygen atoms in total. The van der Waals surface area contributed by atoms with E-state index in [1.54, 1.807) is 0 Å². The maximum Gasteiger partial charge on any atom is 0.163 e. The second-order valence-corrected chi connectivity index (χ2v) is 3.87. The van der Waals surface area contributed by atoms with Crippen LogP contribution < -0.4 is 0 Å². The molecule has 2 unspecified atom stereocenters. The first-order valence-corrected chi connectivity index (χ1v) is 4.61. The normalized spacial score (nSPS) is 31.2. The van der Waals surface area contributed by atoms with Gasteiger partial charge in [-0.15, -0.1) is 6.58 Å². The first kappa shape index (κ1) is 10.7. The average Bonchev–Trinajstić information content (AvgIpc) is 2.45. The fourth-order valence-electron chi connectivity index (χ4n) is 1.44. The van der Waals surface area contributed by atoms with E-state index in [1.807, 2.05) is 20.8 Å². The van der Waals surface area contributed by atoms with Crippen LogP contribution >= 0.6 is 0 Å². The van der Waals surface area contributed by atoms with Gasteiger partial charge in [-0.25, -0.2) is 0 Å². The van der Waals surface area contributed by atoms with Crippen molar-refractivity contribution in [2.24, 2.45) is 0 Å². The Labute approximate surface area is 79.3 Å². The van der Waals surface area contributed by atoms with Gasteiger partial charge >= 0.3 is 0 Å². The van der Waals surface area contributed by atoms with Crippen molar-refractivity contribution in [2.75, 3.05) is 6.61 Å². The predicted octanol–water partition coefficient (Wildman–Crippen LogP) is 1.46. The van der Waals surface area contributed by atoms with Crippen LogP contribution in [0.25, 0.3) is 0 Å². The molecule has 0 aromatic heterocycles. The monoisotopic (exact) mass is 186 g/mol. The first-order valence-electron chi connectivity index (χ1n) is 4.61.